The molecule has 0 saturated heterocycles. The molecule has 0 aliphatic rings. The largest absolute Gasteiger partial charge is 0.297 e. The lowest BCUT2D eigenvalue weighted by atomic mass is 10.1. The van der Waals surface area contributed by atoms with Gasteiger partial charge in [-0.15, -0.1) is 0 Å². The molecule has 0 saturated carbocycles. The molecule has 0 bridgehead atoms. The van der Waals surface area contributed by atoms with Gasteiger partial charge in [-0.2, -0.15) is 10.2 Å². The Bertz CT molecular complexity index is 782. The summed E-state index contributed by atoms with van der Waals surface area (Å²) in [5.74, 6) is -1.19. The monoisotopic (exact) mass is 331 g/mol. The van der Waals surface area contributed by atoms with E-state index in [1.165, 1.54) is 12.1 Å². The van der Waals surface area contributed by atoms with Gasteiger partial charge in [0.05, 0.1) is 18.4 Å². The fraction of sp³-hybridized carbons (Fsp3) is 0.294. The fourth-order valence-electron chi connectivity index (χ4n) is 2.62. The first-order valence-electron chi connectivity index (χ1n) is 7.85. The van der Waals surface area contributed by atoms with E-state index < -0.39 is 11.6 Å². The van der Waals surface area contributed by atoms with Gasteiger partial charge < -0.3 is 0 Å². The summed E-state index contributed by atoms with van der Waals surface area (Å²) >= 11 is 0. The normalized spacial score (nSPS) is 11.3. The smallest absolute Gasteiger partial charge is 0.135 e. The molecule has 126 valence electrons. The Morgan fingerprint density at radius 2 is 2.17 bits per heavy atom. The van der Waals surface area contributed by atoms with Gasteiger partial charge >= 0.3 is 0 Å². The van der Waals surface area contributed by atoms with Crippen LogP contribution in [0.1, 0.15) is 12.5 Å². The Kier molecular flexibility index (Phi) is 5.00. The van der Waals surface area contributed by atoms with Gasteiger partial charge in [-0.25, -0.2) is 8.78 Å². The molecule has 5 nitrogen and oxygen atoms in total. The quantitative estimate of drug-likeness (QED) is 0.724. The third-order valence-corrected chi connectivity index (χ3v) is 3.96. The Hall–Kier alpha value is -2.54. The summed E-state index contributed by atoms with van der Waals surface area (Å²) in [6, 6.07) is 5.46. The van der Waals surface area contributed by atoms with E-state index in [0.717, 1.165) is 31.3 Å². The standard InChI is InChI=1S/C17H19F2N5/c1-2-23(8-9-24-7-3-6-21-24)12-13-11-20-22-17(13)15-5-4-14(18)10-16(15)19/h3-7,10-11H,2,8-9,12H2,1H3,(H,20,22). The van der Waals surface area contributed by atoms with Crippen molar-refractivity contribution < 1.29 is 8.78 Å². The van der Waals surface area contributed by atoms with Crippen molar-refractivity contribution in [2.45, 2.75) is 20.0 Å². The van der Waals surface area contributed by atoms with E-state index in [2.05, 4.69) is 27.1 Å². The van der Waals surface area contributed by atoms with Crippen LogP contribution in [0.15, 0.2) is 42.9 Å². The van der Waals surface area contributed by atoms with Crippen LogP contribution in [-0.4, -0.2) is 38.0 Å². The first kappa shape index (κ1) is 16.3. The minimum absolute atomic E-state index is 0.326. The van der Waals surface area contributed by atoms with Crippen LogP contribution in [-0.2, 0) is 13.1 Å². The zero-order valence-electron chi connectivity index (χ0n) is 13.4. The van der Waals surface area contributed by atoms with Crippen LogP contribution in [0.3, 0.4) is 0 Å². The van der Waals surface area contributed by atoms with Crippen LogP contribution < -0.4 is 0 Å². The molecule has 2 aromatic heterocycles. The molecule has 0 radical (unpaired) electrons. The van der Waals surface area contributed by atoms with E-state index in [4.69, 9.17) is 0 Å². The number of aromatic amines is 1. The number of benzene rings is 1. The number of halogens is 2. The molecule has 0 unspecified atom stereocenters. The number of nitrogens with one attached hydrogen (secondary N) is 1. The number of hydrogen-bond donors (Lipinski definition) is 1. The van der Waals surface area contributed by atoms with Crippen LogP contribution >= 0.6 is 0 Å². The zero-order valence-corrected chi connectivity index (χ0v) is 13.4. The fourth-order valence-corrected chi connectivity index (χ4v) is 2.62. The van der Waals surface area contributed by atoms with Gasteiger partial charge in [-0.05, 0) is 24.7 Å². The topological polar surface area (TPSA) is 49.7 Å². The van der Waals surface area contributed by atoms with Crippen LogP contribution in [0.4, 0.5) is 8.78 Å². The molecule has 0 fully saturated rings. The molecule has 0 amide bonds. The molecule has 1 N–H and O–H groups in total. The van der Waals surface area contributed by atoms with E-state index >= 15 is 0 Å². The Morgan fingerprint density at radius 3 is 2.88 bits per heavy atom. The number of nitrogens with zero attached hydrogens (tertiary/aromatic N) is 4. The molecule has 7 heteroatoms. The van der Waals surface area contributed by atoms with Gasteiger partial charge in [-0.1, -0.05) is 6.92 Å². The molecule has 0 aliphatic carbocycles. The third-order valence-electron chi connectivity index (χ3n) is 3.96. The van der Waals surface area contributed by atoms with Crippen LogP contribution in [0.5, 0.6) is 0 Å². The molecule has 3 aromatic rings. The minimum Gasteiger partial charge on any atom is -0.297 e. The Morgan fingerprint density at radius 1 is 1.29 bits per heavy atom. The van der Waals surface area contributed by atoms with Crippen LogP contribution in [0.25, 0.3) is 11.3 Å². The van der Waals surface area contributed by atoms with Crippen molar-refractivity contribution >= 4 is 0 Å². The second-order valence-corrected chi connectivity index (χ2v) is 5.53. The molecule has 24 heavy (non-hydrogen) atoms. The molecule has 0 aliphatic heterocycles. The van der Waals surface area contributed by atoms with Crippen molar-refractivity contribution in [2.75, 3.05) is 13.1 Å². The second kappa shape index (κ2) is 7.35. The average Bonchev–Trinajstić information content (AvgIpc) is 3.23. The lowest BCUT2D eigenvalue weighted by molar-refractivity contribution is 0.264. The lowest BCUT2D eigenvalue weighted by Crippen LogP contribution is -2.27. The Labute approximate surface area is 138 Å². The van der Waals surface area contributed by atoms with Gasteiger partial charge in [0.1, 0.15) is 11.6 Å². The summed E-state index contributed by atoms with van der Waals surface area (Å²) in [6.07, 6.45) is 5.36. The Balaban J connectivity index is 1.74. The number of likely N-dealkylation sites (N-methyl/N-ethyl adjacent to an activating group) is 1. The van der Waals surface area contributed by atoms with Crippen molar-refractivity contribution in [3.8, 4) is 11.3 Å². The lowest BCUT2D eigenvalue weighted by Gasteiger charge is -2.20. The highest BCUT2D eigenvalue weighted by atomic mass is 19.1. The van der Waals surface area contributed by atoms with Crippen molar-refractivity contribution in [2.24, 2.45) is 0 Å². The molecule has 0 spiro atoms. The summed E-state index contributed by atoms with van der Waals surface area (Å²) in [6.45, 7) is 5.13. The number of rotatable bonds is 7. The summed E-state index contributed by atoms with van der Waals surface area (Å²) in [5, 5.41) is 11.0. The highest BCUT2D eigenvalue weighted by Gasteiger charge is 2.15. The second-order valence-electron chi connectivity index (χ2n) is 5.53. The number of hydrogen-bond acceptors (Lipinski definition) is 3. The maximum absolute atomic E-state index is 14.0. The summed E-state index contributed by atoms with van der Waals surface area (Å²) in [4.78, 5) is 2.22. The van der Waals surface area contributed by atoms with E-state index in [-0.39, 0.29) is 0 Å². The molecule has 0 atom stereocenters. The van der Waals surface area contributed by atoms with Crippen molar-refractivity contribution in [1.29, 1.82) is 0 Å². The van der Waals surface area contributed by atoms with Crippen molar-refractivity contribution in [3.05, 3.63) is 60.1 Å². The minimum atomic E-state index is -0.597. The highest BCUT2D eigenvalue weighted by Crippen LogP contribution is 2.25. The third kappa shape index (κ3) is 3.68. The maximum atomic E-state index is 14.0. The highest BCUT2D eigenvalue weighted by molar-refractivity contribution is 5.63. The summed E-state index contributed by atoms with van der Waals surface area (Å²) < 4.78 is 29.0. The zero-order chi connectivity index (χ0) is 16.9. The molecule has 1 aromatic carbocycles. The number of aromatic nitrogens is 4. The molecular weight excluding hydrogens is 312 g/mol. The van der Waals surface area contributed by atoms with Gasteiger partial charge in [0.25, 0.3) is 0 Å². The predicted molar refractivity (Wildman–Crippen MR) is 87.1 cm³/mol. The van der Waals surface area contributed by atoms with Crippen LogP contribution in [0, 0.1) is 11.6 Å². The van der Waals surface area contributed by atoms with Gasteiger partial charge in [0.2, 0.25) is 0 Å². The van der Waals surface area contributed by atoms with E-state index in [9.17, 15) is 8.78 Å². The predicted octanol–water partition coefficient (Wildman–Crippen LogP) is 3.07. The van der Waals surface area contributed by atoms with Gasteiger partial charge in [-0.3, -0.25) is 14.7 Å². The van der Waals surface area contributed by atoms with E-state index in [0.29, 0.717) is 17.8 Å². The summed E-state index contributed by atoms with van der Waals surface area (Å²) in [7, 11) is 0. The van der Waals surface area contributed by atoms with Crippen LogP contribution in [0.2, 0.25) is 0 Å². The first-order valence-corrected chi connectivity index (χ1v) is 7.85. The molecule has 3 rings (SSSR count). The van der Waals surface area contributed by atoms with Crippen molar-refractivity contribution in [1.82, 2.24) is 24.9 Å². The van der Waals surface area contributed by atoms with E-state index in [1.54, 1.807) is 12.4 Å². The number of H-pyrrole nitrogens is 1. The van der Waals surface area contributed by atoms with Crippen molar-refractivity contribution in [3.63, 3.8) is 0 Å². The van der Waals surface area contributed by atoms with E-state index in [1.807, 2.05) is 16.9 Å². The van der Waals surface area contributed by atoms with Gasteiger partial charge in [0.15, 0.2) is 0 Å². The SMILES string of the molecule is CCN(CCn1cccn1)Cc1cn[nH]c1-c1ccc(F)cc1F. The molecular formula is C17H19F2N5. The first-order chi connectivity index (χ1) is 11.7. The molecule has 2 heterocycles. The maximum Gasteiger partial charge on any atom is 0.135 e. The summed E-state index contributed by atoms with van der Waals surface area (Å²) in [5.41, 5.74) is 1.79. The average molecular weight is 331 g/mol. The van der Waals surface area contributed by atoms with Gasteiger partial charge in [0, 0.05) is 42.7 Å².